The van der Waals surface area contributed by atoms with E-state index in [-0.39, 0.29) is 18.5 Å². The standard InChI is InChI=1S/C16H16F3N3O2/c17-16(18,19)12-7-2-1-4-11(12)8-14(23)20-9-13-21-15(24-22-13)10-5-3-6-10/h1-2,4,7,10H,3,5-6,8-9H2,(H,20,23). The van der Waals surface area contributed by atoms with Crippen LogP contribution in [-0.2, 0) is 23.9 Å². The summed E-state index contributed by atoms with van der Waals surface area (Å²) < 4.78 is 43.8. The maximum Gasteiger partial charge on any atom is 0.416 e. The Hall–Kier alpha value is -2.38. The van der Waals surface area contributed by atoms with Crippen molar-refractivity contribution in [3.63, 3.8) is 0 Å². The second kappa shape index (κ2) is 6.62. The molecule has 0 aliphatic heterocycles. The van der Waals surface area contributed by atoms with Crippen LogP contribution in [0.3, 0.4) is 0 Å². The Labute approximate surface area is 136 Å². The Morgan fingerprint density at radius 1 is 1.29 bits per heavy atom. The number of nitrogens with one attached hydrogen (secondary N) is 1. The molecule has 1 amide bonds. The van der Waals surface area contributed by atoms with Crippen LogP contribution in [0.5, 0.6) is 0 Å². The summed E-state index contributed by atoms with van der Waals surface area (Å²) in [6.07, 6.45) is -1.67. The number of hydrogen-bond donors (Lipinski definition) is 1. The van der Waals surface area contributed by atoms with Crippen LogP contribution in [0.25, 0.3) is 0 Å². The van der Waals surface area contributed by atoms with Crippen molar-refractivity contribution in [2.75, 3.05) is 0 Å². The highest BCUT2D eigenvalue weighted by atomic mass is 19.4. The number of halogens is 3. The molecule has 1 heterocycles. The van der Waals surface area contributed by atoms with Crippen LogP contribution in [0.15, 0.2) is 28.8 Å². The Bertz CT molecular complexity index is 723. The molecule has 0 bridgehead atoms. The van der Waals surface area contributed by atoms with E-state index in [1.165, 1.54) is 18.2 Å². The Kier molecular flexibility index (Phi) is 4.55. The molecule has 1 saturated carbocycles. The predicted molar refractivity (Wildman–Crippen MR) is 77.9 cm³/mol. The molecule has 5 nitrogen and oxygen atoms in total. The van der Waals surface area contributed by atoms with Crippen molar-refractivity contribution in [3.8, 4) is 0 Å². The summed E-state index contributed by atoms with van der Waals surface area (Å²) in [6, 6.07) is 5.03. The van der Waals surface area contributed by atoms with Crippen LogP contribution in [0.1, 0.15) is 48.0 Å². The van der Waals surface area contributed by atoms with E-state index in [0.29, 0.717) is 17.6 Å². The number of carbonyl (C=O) groups excluding carboxylic acids is 1. The van der Waals surface area contributed by atoms with Gasteiger partial charge in [-0.25, -0.2) is 0 Å². The van der Waals surface area contributed by atoms with Gasteiger partial charge < -0.3 is 9.84 Å². The molecule has 1 aliphatic rings. The van der Waals surface area contributed by atoms with Gasteiger partial charge in [0.25, 0.3) is 0 Å². The molecule has 0 spiro atoms. The van der Waals surface area contributed by atoms with Gasteiger partial charge in [-0.05, 0) is 24.5 Å². The number of alkyl halides is 3. The lowest BCUT2D eigenvalue weighted by Crippen LogP contribution is -2.26. The minimum atomic E-state index is -4.48. The van der Waals surface area contributed by atoms with Crippen LogP contribution in [0.4, 0.5) is 13.2 Å². The highest BCUT2D eigenvalue weighted by Gasteiger charge is 2.33. The molecule has 2 aromatic rings. The number of carbonyl (C=O) groups is 1. The number of benzene rings is 1. The number of hydrogen-bond acceptors (Lipinski definition) is 4. The molecule has 0 unspecified atom stereocenters. The summed E-state index contributed by atoms with van der Waals surface area (Å²) in [5.74, 6) is 0.657. The second-order valence-electron chi connectivity index (χ2n) is 5.79. The summed E-state index contributed by atoms with van der Waals surface area (Å²) in [5.41, 5.74) is -0.863. The first-order valence-corrected chi connectivity index (χ1v) is 7.68. The third-order valence-electron chi connectivity index (χ3n) is 4.06. The number of nitrogens with zero attached hydrogens (tertiary/aromatic N) is 2. The van der Waals surface area contributed by atoms with Gasteiger partial charge in [-0.3, -0.25) is 4.79 Å². The van der Waals surface area contributed by atoms with Gasteiger partial charge in [0.15, 0.2) is 5.82 Å². The van der Waals surface area contributed by atoms with Crippen LogP contribution >= 0.6 is 0 Å². The molecule has 1 N–H and O–H groups in total. The van der Waals surface area contributed by atoms with Gasteiger partial charge >= 0.3 is 6.18 Å². The summed E-state index contributed by atoms with van der Waals surface area (Å²) in [5, 5.41) is 6.30. The minimum absolute atomic E-state index is 0.0310. The van der Waals surface area contributed by atoms with Crippen LogP contribution in [-0.4, -0.2) is 16.0 Å². The quantitative estimate of drug-likeness (QED) is 0.908. The van der Waals surface area contributed by atoms with E-state index >= 15 is 0 Å². The zero-order chi connectivity index (χ0) is 17.2. The average Bonchev–Trinajstić information content (AvgIpc) is 2.91. The van der Waals surface area contributed by atoms with Gasteiger partial charge in [0, 0.05) is 5.92 Å². The molecule has 3 rings (SSSR count). The molecule has 1 fully saturated rings. The fraction of sp³-hybridized carbons (Fsp3) is 0.438. The fourth-order valence-corrected chi connectivity index (χ4v) is 2.52. The van der Waals surface area contributed by atoms with Crippen molar-refractivity contribution in [3.05, 3.63) is 47.1 Å². The normalized spacial score (nSPS) is 15.1. The van der Waals surface area contributed by atoms with Gasteiger partial charge in [-0.1, -0.05) is 29.8 Å². The van der Waals surface area contributed by atoms with Crippen molar-refractivity contribution in [2.45, 2.75) is 44.3 Å². The molecule has 0 radical (unpaired) electrons. The number of amides is 1. The van der Waals surface area contributed by atoms with Crippen molar-refractivity contribution in [1.82, 2.24) is 15.5 Å². The van der Waals surface area contributed by atoms with Crippen molar-refractivity contribution in [1.29, 1.82) is 0 Å². The highest BCUT2D eigenvalue weighted by molar-refractivity contribution is 5.78. The molecular weight excluding hydrogens is 323 g/mol. The number of aromatic nitrogens is 2. The first-order valence-electron chi connectivity index (χ1n) is 7.68. The monoisotopic (exact) mass is 339 g/mol. The van der Waals surface area contributed by atoms with Crippen molar-refractivity contribution < 1.29 is 22.5 Å². The minimum Gasteiger partial charge on any atom is -0.348 e. The summed E-state index contributed by atoms with van der Waals surface area (Å²) in [6.45, 7) is 0.0310. The van der Waals surface area contributed by atoms with Crippen molar-refractivity contribution in [2.24, 2.45) is 0 Å². The second-order valence-corrected chi connectivity index (χ2v) is 5.79. The first-order chi connectivity index (χ1) is 11.4. The van der Waals surface area contributed by atoms with E-state index in [0.717, 1.165) is 25.3 Å². The lowest BCUT2D eigenvalue weighted by Gasteiger charge is -2.20. The van der Waals surface area contributed by atoms with E-state index in [2.05, 4.69) is 15.5 Å². The molecule has 128 valence electrons. The predicted octanol–water partition coefficient (Wildman–Crippen LogP) is 3.21. The SMILES string of the molecule is O=C(Cc1ccccc1C(F)(F)F)NCc1noc(C2CCC2)n1. The van der Waals surface area contributed by atoms with Crippen molar-refractivity contribution >= 4 is 5.91 Å². The zero-order valence-corrected chi connectivity index (χ0v) is 12.8. The first kappa shape index (κ1) is 16.5. The zero-order valence-electron chi connectivity index (χ0n) is 12.8. The van der Waals surface area contributed by atoms with Gasteiger partial charge in [-0.2, -0.15) is 18.2 Å². The smallest absolute Gasteiger partial charge is 0.348 e. The summed E-state index contributed by atoms with van der Waals surface area (Å²) >= 11 is 0. The lowest BCUT2D eigenvalue weighted by atomic mass is 9.85. The Balaban J connectivity index is 1.57. The van der Waals surface area contributed by atoms with E-state index in [9.17, 15) is 18.0 Å². The van der Waals surface area contributed by atoms with Gasteiger partial charge in [0.2, 0.25) is 11.8 Å². The lowest BCUT2D eigenvalue weighted by molar-refractivity contribution is -0.138. The Morgan fingerprint density at radius 2 is 2.04 bits per heavy atom. The third kappa shape index (κ3) is 3.74. The average molecular weight is 339 g/mol. The van der Waals surface area contributed by atoms with Crippen LogP contribution in [0, 0.1) is 0 Å². The molecule has 0 saturated heterocycles. The van der Waals surface area contributed by atoms with E-state index in [1.807, 2.05) is 0 Å². The van der Waals surface area contributed by atoms with Gasteiger partial charge in [0.05, 0.1) is 18.5 Å². The molecule has 24 heavy (non-hydrogen) atoms. The Morgan fingerprint density at radius 3 is 2.71 bits per heavy atom. The van der Waals surface area contributed by atoms with Crippen LogP contribution in [0.2, 0.25) is 0 Å². The maximum absolute atomic E-state index is 12.9. The molecule has 0 atom stereocenters. The topological polar surface area (TPSA) is 68.0 Å². The van der Waals surface area contributed by atoms with E-state index in [1.54, 1.807) is 0 Å². The summed E-state index contributed by atoms with van der Waals surface area (Å²) in [7, 11) is 0. The molecule has 1 aliphatic carbocycles. The molecule has 1 aromatic carbocycles. The highest BCUT2D eigenvalue weighted by Crippen LogP contribution is 2.35. The van der Waals surface area contributed by atoms with Gasteiger partial charge in [0.1, 0.15) is 0 Å². The van der Waals surface area contributed by atoms with Gasteiger partial charge in [-0.15, -0.1) is 0 Å². The maximum atomic E-state index is 12.9. The van der Waals surface area contributed by atoms with E-state index < -0.39 is 17.6 Å². The largest absolute Gasteiger partial charge is 0.416 e. The summed E-state index contributed by atoms with van der Waals surface area (Å²) in [4.78, 5) is 16.1. The number of rotatable bonds is 5. The van der Waals surface area contributed by atoms with Crippen LogP contribution < -0.4 is 5.32 Å². The third-order valence-corrected chi connectivity index (χ3v) is 4.06. The van der Waals surface area contributed by atoms with E-state index in [4.69, 9.17) is 4.52 Å². The fourth-order valence-electron chi connectivity index (χ4n) is 2.52. The molecular formula is C16H16F3N3O2. The molecule has 1 aromatic heterocycles. The molecule has 8 heteroatoms.